The molecule has 1 aliphatic rings. The van der Waals surface area contributed by atoms with Gasteiger partial charge in [0.05, 0.1) is 13.0 Å². The van der Waals surface area contributed by atoms with Gasteiger partial charge in [-0.1, -0.05) is 12.1 Å². The third kappa shape index (κ3) is 5.93. The molecule has 0 bridgehead atoms. The highest BCUT2D eigenvalue weighted by atomic mass is 16.5. The predicted octanol–water partition coefficient (Wildman–Crippen LogP) is 4.31. The van der Waals surface area contributed by atoms with E-state index in [0.717, 1.165) is 78.7 Å². The van der Waals surface area contributed by atoms with Gasteiger partial charge in [-0.05, 0) is 69.5 Å². The number of ether oxygens (including phenoxy) is 2. The van der Waals surface area contributed by atoms with Crippen LogP contribution in [-0.4, -0.2) is 72.4 Å². The summed E-state index contributed by atoms with van der Waals surface area (Å²) in [4.78, 5) is 25.4. The Kier molecular flexibility index (Phi) is 8.43. The Hall–Kier alpha value is -3.46. The minimum Gasteiger partial charge on any atom is -0.492 e. The van der Waals surface area contributed by atoms with Crippen molar-refractivity contribution in [1.29, 1.82) is 0 Å². The molecule has 4 rings (SSSR count). The lowest BCUT2D eigenvalue weighted by atomic mass is 10.0. The van der Waals surface area contributed by atoms with Crippen LogP contribution in [-0.2, 0) is 16.0 Å². The van der Waals surface area contributed by atoms with Crippen LogP contribution in [0, 0.1) is 19.8 Å². The first-order chi connectivity index (χ1) is 17.9. The van der Waals surface area contributed by atoms with Crippen molar-refractivity contribution in [3.05, 3.63) is 41.1 Å². The smallest absolute Gasteiger partial charge is 0.311 e. The fourth-order valence-corrected chi connectivity index (χ4v) is 4.73. The quantitative estimate of drug-likeness (QED) is 0.352. The summed E-state index contributed by atoms with van der Waals surface area (Å²) in [6.07, 6.45) is 0.819. The van der Waals surface area contributed by atoms with Gasteiger partial charge in [0.15, 0.2) is 0 Å². The molecule has 0 spiro atoms. The fourth-order valence-electron chi connectivity index (χ4n) is 4.73. The van der Waals surface area contributed by atoms with Gasteiger partial charge >= 0.3 is 5.97 Å². The summed E-state index contributed by atoms with van der Waals surface area (Å²) in [7, 11) is 1.44. The highest BCUT2D eigenvalue weighted by Crippen LogP contribution is 2.32. The number of carbonyl (C=O) groups is 1. The van der Waals surface area contributed by atoms with E-state index in [-0.39, 0.29) is 11.9 Å². The number of aryl methyl sites for hydroxylation is 3. The Balaban J connectivity index is 1.47. The first-order valence-corrected chi connectivity index (χ1v) is 13.0. The molecule has 9 nitrogen and oxygen atoms in total. The minimum absolute atomic E-state index is 0.0167. The highest BCUT2D eigenvalue weighted by Gasteiger charge is 2.33. The number of aromatic nitrogens is 3. The van der Waals surface area contributed by atoms with Gasteiger partial charge in [-0.2, -0.15) is 4.98 Å². The topological polar surface area (TPSA) is 93.8 Å². The summed E-state index contributed by atoms with van der Waals surface area (Å²) in [5.41, 5.74) is 4.79. The average molecular weight is 508 g/mol. The monoisotopic (exact) mass is 507 g/mol. The number of likely N-dealkylation sites (tertiary alicyclic amines) is 1. The van der Waals surface area contributed by atoms with Crippen LogP contribution >= 0.6 is 0 Å². The number of anilines is 1. The van der Waals surface area contributed by atoms with Gasteiger partial charge in [0, 0.05) is 49.5 Å². The molecular formula is C28H37N5O4. The fraction of sp³-hybridized carbons (Fsp3) is 0.500. The van der Waals surface area contributed by atoms with E-state index in [4.69, 9.17) is 19.0 Å². The maximum absolute atomic E-state index is 11.6. The van der Waals surface area contributed by atoms with Crippen molar-refractivity contribution < 1.29 is 18.8 Å². The number of methoxy groups -OCH3 is 1. The Morgan fingerprint density at radius 3 is 2.51 bits per heavy atom. The number of hydrogen-bond acceptors (Lipinski definition) is 9. The number of hydrogen-bond donors (Lipinski definition) is 0. The normalized spacial score (nSPS) is 13.9. The lowest BCUT2D eigenvalue weighted by molar-refractivity contribution is -0.151. The molecule has 0 amide bonds. The van der Waals surface area contributed by atoms with Gasteiger partial charge in [-0.15, -0.1) is 0 Å². The molecule has 198 valence electrons. The number of carbonyl (C=O) groups excluding carboxylic acids is 1. The third-order valence-electron chi connectivity index (χ3n) is 6.84. The average Bonchev–Trinajstić information content (AvgIpc) is 3.36. The third-order valence-corrected chi connectivity index (χ3v) is 6.84. The maximum Gasteiger partial charge on any atom is 0.311 e. The van der Waals surface area contributed by atoms with Crippen LogP contribution < -0.4 is 9.64 Å². The second-order valence-electron chi connectivity index (χ2n) is 9.41. The first-order valence-electron chi connectivity index (χ1n) is 13.0. The standard InChI is InChI=1S/C28H37N5O4/c1-7-20-14-21(12-18(4)25(20)36-11-10-32-16-23(17-32)28(34)35-6)26-30-27(37-31-26)22-13-19(5)29-24(15-22)33(8-2)9-3/h12-15,23H,7-11,16-17H2,1-6H3. The Morgan fingerprint density at radius 2 is 1.84 bits per heavy atom. The zero-order valence-corrected chi connectivity index (χ0v) is 22.7. The molecule has 0 aliphatic carbocycles. The molecule has 9 heteroatoms. The largest absolute Gasteiger partial charge is 0.492 e. The van der Waals surface area contributed by atoms with Crippen molar-refractivity contribution in [2.24, 2.45) is 5.92 Å². The van der Waals surface area contributed by atoms with Crippen LogP contribution in [0.3, 0.4) is 0 Å². The number of esters is 1. The van der Waals surface area contributed by atoms with E-state index < -0.39 is 0 Å². The van der Waals surface area contributed by atoms with Crippen LogP contribution in [0.1, 0.15) is 37.6 Å². The second-order valence-corrected chi connectivity index (χ2v) is 9.41. The van der Waals surface area contributed by atoms with Crippen LogP contribution in [0.25, 0.3) is 22.8 Å². The van der Waals surface area contributed by atoms with Crippen LogP contribution in [0.4, 0.5) is 5.82 Å². The van der Waals surface area contributed by atoms with Gasteiger partial charge in [-0.3, -0.25) is 9.69 Å². The molecule has 37 heavy (non-hydrogen) atoms. The number of pyridine rings is 1. The molecule has 2 aromatic heterocycles. The summed E-state index contributed by atoms with van der Waals surface area (Å²) in [6, 6.07) is 8.09. The predicted molar refractivity (Wildman–Crippen MR) is 143 cm³/mol. The molecule has 0 unspecified atom stereocenters. The summed E-state index contributed by atoms with van der Waals surface area (Å²) in [5.74, 6) is 2.68. The molecule has 3 heterocycles. The van der Waals surface area contributed by atoms with Crippen molar-refractivity contribution in [1.82, 2.24) is 20.0 Å². The maximum atomic E-state index is 11.6. The zero-order valence-electron chi connectivity index (χ0n) is 22.7. The highest BCUT2D eigenvalue weighted by molar-refractivity contribution is 5.73. The molecule has 0 saturated carbocycles. The van der Waals surface area contributed by atoms with Gasteiger partial charge in [0.2, 0.25) is 5.82 Å². The van der Waals surface area contributed by atoms with Gasteiger partial charge in [-0.25, -0.2) is 4.98 Å². The van der Waals surface area contributed by atoms with E-state index in [9.17, 15) is 4.79 Å². The van der Waals surface area contributed by atoms with Gasteiger partial charge in [0.1, 0.15) is 18.2 Å². The molecule has 0 radical (unpaired) electrons. The molecule has 1 aromatic carbocycles. The SMILES string of the molecule is CCc1cc(-c2noc(-c3cc(C)nc(N(CC)CC)c3)n2)cc(C)c1OCCN1CC(C(=O)OC)C1. The first kappa shape index (κ1) is 26.6. The van der Waals surface area contributed by atoms with Crippen molar-refractivity contribution in [2.45, 2.75) is 41.0 Å². The Morgan fingerprint density at radius 1 is 1.08 bits per heavy atom. The summed E-state index contributed by atoms with van der Waals surface area (Å²) >= 11 is 0. The molecule has 0 N–H and O–H groups in total. The van der Waals surface area contributed by atoms with E-state index in [0.29, 0.717) is 18.3 Å². The van der Waals surface area contributed by atoms with Crippen LogP contribution in [0.2, 0.25) is 0 Å². The van der Waals surface area contributed by atoms with Gasteiger partial charge < -0.3 is 18.9 Å². The van der Waals surface area contributed by atoms with Gasteiger partial charge in [0.25, 0.3) is 5.89 Å². The zero-order chi connectivity index (χ0) is 26.5. The summed E-state index contributed by atoms with van der Waals surface area (Å²) in [5, 5.41) is 4.28. The van der Waals surface area contributed by atoms with E-state index in [2.05, 4.69) is 46.8 Å². The molecule has 3 aromatic rings. The lowest BCUT2D eigenvalue weighted by Crippen LogP contribution is -2.51. The van der Waals surface area contributed by atoms with Crippen molar-refractivity contribution in [3.63, 3.8) is 0 Å². The second kappa shape index (κ2) is 11.7. The molecular weight excluding hydrogens is 470 g/mol. The molecule has 0 atom stereocenters. The molecule has 1 aliphatic heterocycles. The summed E-state index contributed by atoms with van der Waals surface area (Å²) < 4.78 is 16.7. The van der Waals surface area contributed by atoms with Crippen molar-refractivity contribution >= 4 is 11.8 Å². The van der Waals surface area contributed by atoms with E-state index >= 15 is 0 Å². The molecule has 1 fully saturated rings. The number of rotatable bonds is 11. The number of benzene rings is 1. The van der Waals surface area contributed by atoms with Crippen LogP contribution in [0.15, 0.2) is 28.8 Å². The Labute approximate surface area is 218 Å². The van der Waals surface area contributed by atoms with E-state index in [1.54, 1.807) is 0 Å². The Bertz CT molecular complexity index is 1230. The number of nitrogens with zero attached hydrogens (tertiary/aromatic N) is 5. The molecule has 1 saturated heterocycles. The van der Waals surface area contributed by atoms with Crippen LogP contribution in [0.5, 0.6) is 5.75 Å². The van der Waals surface area contributed by atoms with Crippen molar-refractivity contribution in [3.8, 4) is 28.6 Å². The van der Waals surface area contributed by atoms with E-state index in [1.807, 2.05) is 32.0 Å². The summed E-state index contributed by atoms with van der Waals surface area (Å²) in [6.45, 7) is 14.9. The minimum atomic E-state index is -0.134. The lowest BCUT2D eigenvalue weighted by Gasteiger charge is -2.37. The van der Waals surface area contributed by atoms with E-state index in [1.165, 1.54) is 7.11 Å². The van der Waals surface area contributed by atoms with Crippen molar-refractivity contribution in [2.75, 3.05) is 51.3 Å².